The number of nitrogens with one attached hydrogen (secondary N) is 1. The van der Waals surface area contributed by atoms with Crippen molar-refractivity contribution >= 4 is 21.7 Å². The first-order chi connectivity index (χ1) is 16.3. The Bertz CT molecular complexity index is 1440. The summed E-state index contributed by atoms with van der Waals surface area (Å²) >= 11 is 0. The van der Waals surface area contributed by atoms with Gasteiger partial charge in [-0.1, -0.05) is 42.5 Å². The lowest BCUT2D eigenvalue weighted by atomic mass is 9.95. The molecule has 1 aromatic heterocycles. The molecule has 0 radical (unpaired) electrons. The number of piperidine rings is 1. The van der Waals surface area contributed by atoms with E-state index in [4.69, 9.17) is 4.42 Å². The number of hydrogen-bond acceptors (Lipinski definition) is 3. The number of aromatic hydroxyl groups is 1. The molecule has 1 unspecified atom stereocenters. The van der Waals surface area contributed by atoms with Gasteiger partial charge in [-0.05, 0) is 54.7 Å². The van der Waals surface area contributed by atoms with Gasteiger partial charge in [0, 0.05) is 0 Å². The predicted octanol–water partition coefficient (Wildman–Crippen LogP) is 5.29. The summed E-state index contributed by atoms with van der Waals surface area (Å²) in [6, 6.07) is 14.9. The van der Waals surface area contributed by atoms with E-state index < -0.39 is 22.9 Å². The van der Waals surface area contributed by atoms with Crippen molar-refractivity contribution in [3.8, 4) is 16.9 Å². The topological polar surface area (TPSA) is 54.9 Å². The molecule has 1 aliphatic heterocycles. The maximum Gasteiger partial charge on any atom is 0.450 e. The van der Waals surface area contributed by atoms with Crippen molar-refractivity contribution in [1.82, 2.24) is 0 Å². The Labute approximate surface area is 194 Å². The molecule has 0 aliphatic carbocycles. The van der Waals surface area contributed by atoms with E-state index in [1.165, 1.54) is 18.2 Å². The van der Waals surface area contributed by atoms with Crippen molar-refractivity contribution in [3.63, 3.8) is 0 Å². The highest BCUT2D eigenvalue weighted by molar-refractivity contribution is 5.99. The van der Waals surface area contributed by atoms with E-state index in [0.717, 1.165) is 36.1 Å². The molecule has 0 spiro atoms. The van der Waals surface area contributed by atoms with Gasteiger partial charge in [-0.3, -0.25) is 4.79 Å². The van der Waals surface area contributed by atoms with Crippen LogP contribution in [-0.2, 0) is 12.7 Å². The average Bonchev–Trinajstić information content (AvgIpc) is 2.81. The minimum absolute atomic E-state index is 0.0350. The van der Waals surface area contributed by atoms with Crippen LogP contribution in [0.2, 0.25) is 0 Å². The van der Waals surface area contributed by atoms with Gasteiger partial charge in [0.25, 0.3) is 0 Å². The lowest BCUT2D eigenvalue weighted by molar-refractivity contribution is -0.941. The van der Waals surface area contributed by atoms with E-state index in [0.29, 0.717) is 11.4 Å². The number of phenolic OH excluding ortho intramolecular Hbond substituents is 1. The summed E-state index contributed by atoms with van der Waals surface area (Å²) in [5.41, 5.74) is -1.04. The van der Waals surface area contributed by atoms with Gasteiger partial charge in [0.15, 0.2) is 5.58 Å². The molecule has 2 N–H and O–H groups in total. The van der Waals surface area contributed by atoms with Gasteiger partial charge in [-0.25, -0.2) is 0 Å². The molecule has 1 aliphatic rings. The van der Waals surface area contributed by atoms with Crippen LogP contribution in [0.4, 0.5) is 13.2 Å². The highest BCUT2D eigenvalue weighted by Gasteiger charge is 2.40. The fourth-order valence-corrected chi connectivity index (χ4v) is 5.10. The quantitative estimate of drug-likeness (QED) is 0.429. The van der Waals surface area contributed by atoms with Crippen LogP contribution in [0.25, 0.3) is 32.9 Å². The normalized spacial score (nSPS) is 19.1. The largest absolute Gasteiger partial charge is 0.507 e. The zero-order valence-corrected chi connectivity index (χ0v) is 18.7. The van der Waals surface area contributed by atoms with Crippen molar-refractivity contribution in [2.45, 2.75) is 44.9 Å². The van der Waals surface area contributed by atoms with Gasteiger partial charge >= 0.3 is 6.18 Å². The molecule has 3 aromatic carbocycles. The molecular formula is C27H25F3NO3+. The lowest BCUT2D eigenvalue weighted by Crippen LogP contribution is -3.14. The number of benzene rings is 3. The van der Waals surface area contributed by atoms with E-state index in [1.807, 2.05) is 0 Å². The fourth-order valence-electron chi connectivity index (χ4n) is 5.10. The molecule has 2 heterocycles. The zero-order chi connectivity index (χ0) is 24.0. The molecule has 1 fully saturated rings. The third-order valence-corrected chi connectivity index (χ3v) is 6.94. The van der Waals surface area contributed by atoms with Crippen molar-refractivity contribution in [2.75, 3.05) is 6.54 Å². The number of fused-ring (bicyclic) bond motifs is 2. The molecular weight excluding hydrogens is 443 g/mol. The average molecular weight is 468 g/mol. The third-order valence-electron chi connectivity index (χ3n) is 6.94. The first-order valence-electron chi connectivity index (χ1n) is 11.5. The van der Waals surface area contributed by atoms with E-state index in [9.17, 15) is 23.1 Å². The van der Waals surface area contributed by atoms with Gasteiger partial charge in [0.2, 0.25) is 11.2 Å². The van der Waals surface area contributed by atoms with Crippen LogP contribution >= 0.6 is 0 Å². The molecule has 2 atom stereocenters. The van der Waals surface area contributed by atoms with E-state index in [1.54, 1.807) is 36.4 Å². The standard InChI is InChI=1S/C27H24F3NO3/c1-16-7-4-5-14-31(16)15-21-22(32)13-12-20-24(33)23(26(27(28,29)30)34-25(20)21)19-11-6-9-17-8-2-3-10-18(17)19/h2-3,6,8-13,16,32H,4-5,7,14-15H2,1H3/p+1/t16-/m1/s1. The SMILES string of the molecule is C[C@@H]1CCCC[NH+]1Cc1c(O)ccc2c(=O)c(-c3cccc4ccccc34)c(C(F)(F)F)oc12. The van der Waals surface area contributed by atoms with E-state index in [2.05, 4.69) is 6.92 Å². The Morgan fingerprint density at radius 3 is 2.56 bits per heavy atom. The van der Waals surface area contributed by atoms with E-state index in [-0.39, 0.29) is 34.4 Å². The summed E-state index contributed by atoms with van der Waals surface area (Å²) in [6.07, 6.45) is -1.78. The highest BCUT2D eigenvalue weighted by Crippen LogP contribution is 2.40. The third kappa shape index (κ3) is 3.84. The van der Waals surface area contributed by atoms with Crippen LogP contribution in [0.15, 0.2) is 63.8 Å². The Kier molecular flexibility index (Phi) is 5.60. The summed E-state index contributed by atoms with van der Waals surface area (Å²) in [4.78, 5) is 14.8. The molecule has 4 aromatic rings. The lowest BCUT2D eigenvalue weighted by Gasteiger charge is -2.30. The number of hydrogen-bond donors (Lipinski definition) is 2. The minimum Gasteiger partial charge on any atom is -0.507 e. The predicted molar refractivity (Wildman–Crippen MR) is 125 cm³/mol. The van der Waals surface area contributed by atoms with Crippen LogP contribution in [-0.4, -0.2) is 17.7 Å². The molecule has 0 bridgehead atoms. The molecule has 5 rings (SSSR count). The number of alkyl halides is 3. The molecule has 4 nitrogen and oxygen atoms in total. The number of halogens is 3. The first kappa shape index (κ1) is 22.5. The second kappa shape index (κ2) is 8.47. The number of rotatable bonds is 3. The van der Waals surface area contributed by atoms with Crippen LogP contribution in [0.5, 0.6) is 5.75 Å². The summed E-state index contributed by atoms with van der Waals surface area (Å²) < 4.78 is 48.4. The number of quaternary nitrogens is 1. The summed E-state index contributed by atoms with van der Waals surface area (Å²) in [7, 11) is 0. The van der Waals surface area contributed by atoms with Crippen LogP contribution in [0.3, 0.4) is 0 Å². The molecule has 34 heavy (non-hydrogen) atoms. The van der Waals surface area contributed by atoms with Crippen LogP contribution in [0, 0.1) is 0 Å². The summed E-state index contributed by atoms with van der Waals surface area (Å²) in [5.74, 6) is -1.50. The smallest absolute Gasteiger partial charge is 0.450 e. The Morgan fingerprint density at radius 2 is 1.79 bits per heavy atom. The Balaban J connectivity index is 1.79. The molecule has 0 amide bonds. The second-order valence-electron chi connectivity index (χ2n) is 9.08. The van der Waals surface area contributed by atoms with Gasteiger partial charge in [0.1, 0.15) is 12.3 Å². The maximum atomic E-state index is 14.3. The molecule has 176 valence electrons. The maximum absolute atomic E-state index is 14.3. The molecule has 7 heteroatoms. The van der Waals surface area contributed by atoms with Gasteiger partial charge < -0.3 is 14.4 Å². The summed E-state index contributed by atoms with van der Waals surface area (Å²) in [5, 5.41) is 11.9. The Morgan fingerprint density at radius 1 is 1.03 bits per heavy atom. The molecule has 1 saturated heterocycles. The first-order valence-corrected chi connectivity index (χ1v) is 11.5. The Hall–Kier alpha value is -3.32. The summed E-state index contributed by atoms with van der Waals surface area (Å²) in [6.45, 7) is 3.23. The number of likely N-dealkylation sites (tertiary alicyclic amines) is 1. The van der Waals surface area contributed by atoms with Crippen molar-refractivity contribution in [3.05, 3.63) is 76.1 Å². The monoisotopic (exact) mass is 468 g/mol. The van der Waals surface area contributed by atoms with Gasteiger partial charge in [-0.15, -0.1) is 0 Å². The van der Waals surface area contributed by atoms with Crippen molar-refractivity contribution in [2.24, 2.45) is 0 Å². The molecule has 0 saturated carbocycles. The number of phenols is 1. The minimum atomic E-state index is -4.90. The second-order valence-corrected chi connectivity index (χ2v) is 9.08. The van der Waals surface area contributed by atoms with Crippen molar-refractivity contribution < 1.29 is 27.6 Å². The zero-order valence-electron chi connectivity index (χ0n) is 18.7. The van der Waals surface area contributed by atoms with Crippen LogP contribution < -0.4 is 10.3 Å². The van der Waals surface area contributed by atoms with Gasteiger partial charge in [0.05, 0.1) is 29.1 Å². The van der Waals surface area contributed by atoms with Gasteiger partial charge in [-0.2, -0.15) is 13.2 Å². The fraction of sp³-hybridized carbons (Fsp3) is 0.296. The van der Waals surface area contributed by atoms with Crippen molar-refractivity contribution in [1.29, 1.82) is 0 Å². The highest BCUT2D eigenvalue weighted by atomic mass is 19.4. The van der Waals surface area contributed by atoms with Crippen LogP contribution in [0.1, 0.15) is 37.5 Å². The van der Waals surface area contributed by atoms with E-state index >= 15 is 0 Å².